The fourth-order valence-electron chi connectivity index (χ4n) is 2.41. The minimum atomic E-state index is 0.703. The van der Waals surface area contributed by atoms with Gasteiger partial charge in [-0.2, -0.15) is 0 Å². The lowest BCUT2D eigenvalue weighted by Gasteiger charge is -2.07. The van der Waals surface area contributed by atoms with Crippen molar-refractivity contribution in [2.75, 3.05) is 0 Å². The number of hydrogen-bond donors (Lipinski definition) is 1. The van der Waals surface area contributed by atoms with E-state index >= 15 is 0 Å². The van der Waals surface area contributed by atoms with Crippen molar-refractivity contribution in [2.45, 2.75) is 25.4 Å². The molecule has 1 saturated carbocycles. The number of imidazole rings is 1. The highest BCUT2D eigenvalue weighted by Crippen LogP contribution is 2.20. The van der Waals surface area contributed by atoms with Crippen LogP contribution in [0.5, 0.6) is 0 Å². The van der Waals surface area contributed by atoms with Gasteiger partial charge in [-0.15, -0.1) is 0 Å². The molecule has 1 fully saturated rings. The van der Waals surface area contributed by atoms with Crippen molar-refractivity contribution in [3.05, 3.63) is 54.6 Å². The number of nitrogens with one attached hydrogen (secondary N) is 1. The summed E-state index contributed by atoms with van der Waals surface area (Å²) in [6.45, 7) is 0.838. The van der Waals surface area contributed by atoms with Crippen LogP contribution in [0.3, 0.4) is 0 Å². The zero-order chi connectivity index (χ0) is 13.4. The largest absolute Gasteiger partial charge is 0.308 e. The maximum atomic E-state index is 4.44. The Hall–Kier alpha value is -2.20. The van der Waals surface area contributed by atoms with Gasteiger partial charge >= 0.3 is 0 Å². The second-order valence-corrected chi connectivity index (χ2v) is 5.26. The molecule has 2 aromatic heterocycles. The molecule has 0 spiro atoms. The summed E-state index contributed by atoms with van der Waals surface area (Å²) < 4.78 is 2.11. The van der Waals surface area contributed by atoms with E-state index in [-0.39, 0.29) is 0 Å². The normalized spacial score (nSPS) is 14.8. The highest BCUT2D eigenvalue weighted by atomic mass is 15.1. The predicted octanol–water partition coefficient (Wildman–Crippen LogP) is 2.67. The summed E-state index contributed by atoms with van der Waals surface area (Å²) in [6.07, 6.45) is 6.34. The molecule has 0 atom stereocenters. The molecule has 1 aliphatic rings. The van der Waals surface area contributed by atoms with Gasteiger partial charge in [0.25, 0.3) is 0 Å². The predicted molar refractivity (Wildman–Crippen MR) is 78.7 cm³/mol. The molecule has 2 heterocycles. The first-order valence-corrected chi connectivity index (χ1v) is 7.01. The molecular weight excluding hydrogens is 248 g/mol. The smallest absolute Gasteiger partial charge is 0.100 e. The number of hydrogen-bond acceptors (Lipinski definition) is 3. The third kappa shape index (κ3) is 2.18. The third-order valence-electron chi connectivity index (χ3n) is 3.68. The van der Waals surface area contributed by atoms with E-state index in [0.717, 1.165) is 29.0 Å². The van der Waals surface area contributed by atoms with E-state index in [4.69, 9.17) is 0 Å². The first-order valence-electron chi connectivity index (χ1n) is 7.01. The second kappa shape index (κ2) is 4.72. The minimum absolute atomic E-state index is 0.703. The fraction of sp³-hybridized carbons (Fsp3) is 0.250. The van der Waals surface area contributed by atoms with Crippen molar-refractivity contribution in [3.8, 4) is 5.69 Å². The van der Waals surface area contributed by atoms with E-state index in [9.17, 15) is 0 Å². The quantitative estimate of drug-likeness (QED) is 0.788. The Kier molecular flexibility index (Phi) is 2.74. The van der Waals surface area contributed by atoms with Gasteiger partial charge in [-0.05, 0) is 37.1 Å². The van der Waals surface area contributed by atoms with Crippen LogP contribution < -0.4 is 5.32 Å². The van der Waals surface area contributed by atoms with E-state index in [1.807, 2.05) is 36.8 Å². The van der Waals surface area contributed by atoms with Gasteiger partial charge in [0.1, 0.15) is 6.33 Å². The molecule has 1 aliphatic carbocycles. The Morgan fingerprint density at radius 1 is 1.15 bits per heavy atom. The first kappa shape index (κ1) is 11.6. The highest BCUT2D eigenvalue weighted by Gasteiger charge is 2.20. The van der Waals surface area contributed by atoms with Gasteiger partial charge in [0.2, 0.25) is 0 Å². The maximum Gasteiger partial charge on any atom is 0.100 e. The summed E-state index contributed by atoms with van der Waals surface area (Å²) in [5, 5.41) is 3.50. The highest BCUT2D eigenvalue weighted by molar-refractivity contribution is 5.77. The van der Waals surface area contributed by atoms with Gasteiger partial charge in [0, 0.05) is 18.8 Å². The molecule has 3 aromatic rings. The van der Waals surface area contributed by atoms with Crippen LogP contribution in [0.15, 0.2) is 48.9 Å². The molecule has 0 unspecified atom stereocenters. The molecule has 4 heteroatoms. The summed E-state index contributed by atoms with van der Waals surface area (Å²) in [7, 11) is 0. The van der Waals surface area contributed by atoms with Gasteiger partial charge < -0.3 is 5.32 Å². The number of para-hydroxylation sites is 2. The zero-order valence-electron chi connectivity index (χ0n) is 11.2. The maximum absolute atomic E-state index is 4.44. The zero-order valence-corrected chi connectivity index (χ0v) is 11.2. The standard InChI is InChI=1S/C16H16N4/c1-2-4-16-15(3-1)19-11-20(16)14-7-8-17-13(9-14)10-18-12-5-6-12/h1-4,7-9,11-12,18H,5-6,10H2. The monoisotopic (exact) mass is 264 g/mol. The Morgan fingerprint density at radius 2 is 2.05 bits per heavy atom. The van der Waals surface area contributed by atoms with Crippen LogP contribution in [-0.2, 0) is 6.54 Å². The lowest BCUT2D eigenvalue weighted by Crippen LogP contribution is -2.16. The van der Waals surface area contributed by atoms with Crippen LogP contribution in [0.25, 0.3) is 16.7 Å². The Bertz CT molecular complexity index is 743. The van der Waals surface area contributed by atoms with Crippen LogP contribution in [0, 0.1) is 0 Å². The van der Waals surface area contributed by atoms with Gasteiger partial charge in [0.15, 0.2) is 0 Å². The van der Waals surface area contributed by atoms with Gasteiger partial charge in [-0.25, -0.2) is 4.98 Å². The van der Waals surface area contributed by atoms with Crippen molar-refractivity contribution in [1.82, 2.24) is 19.9 Å². The number of nitrogens with zero attached hydrogens (tertiary/aromatic N) is 3. The molecule has 100 valence electrons. The molecule has 1 N–H and O–H groups in total. The van der Waals surface area contributed by atoms with E-state index < -0.39 is 0 Å². The number of fused-ring (bicyclic) bond motifs is 1. The van der Waals surface area contributed by atoms with E-state index in [2.05, 4.69) is 32.0 Å². The molecule has 0 bridgehead atoms. The molecular formula is C16H16N4. The molecule has 0 radical (unpaired) electrons. The Labute approximate surface area is 117 Å². The Morgan fingerprint density at radius 3 is 2.95 bits per heavy atom. The van der Waals surface area contributed by atoms with Crippen molar-refractivity contribution >= 4 is 11.0 Å². The third-order valence-corrected chi connectivity index (χ3v) is 3.68. The van der Waals surface area contributed by atoms with Crippen LogP contribution in [-0.4, -0.2) is 20.6 Å². The second-order valence-electron chi connectivity index (χ2n) is 5.26. The molecule has 4 rings (SSSR count). The van der Waals surface area contributed by atoms with E-state index in [1.54, 1.807) is 0 Å². The van der Waals surface area contributed by atoms with Crippen molar-refractivity contribution < 1.29 is 0 Å². The summed E-state index contributed by atoms with van der Waals surface area (Å²) >= 11 is 0. The summed E-state index contributed by atoms with van der Waals surface area (Å²) in [4.78, 5) is 8.87. The average Bonchev–Trinajstić information content (AvgIpc) is 3.23. The van der Waals surface area contributed by atoms with Gasteiger partial charge in [-0.3, -0.25) is 9.55 Å². The van der Waals surface area contributed by atoms with Crippen molar-refractivity contribution in [3.63, 3.8) is 0 Å². The fourth-order valence-corrected chi connectivity index (χ4v) is 2.41. The number of benzene rings is 1. The molecule has 1 aromatic carbocycles. The average molecular weight is 264 g/mol. The summed E-state index contributed by atoms with van der Waals surface area (Å²) in [5.41, 5.74) is 4.33. The molecule has 20 heavy (non-hydrogen) atoms. The van der Waals surface area contributed by atoms with Crippen molar-refractivity contribution in [2.24, 2.45) is 0 Å². The SMILES string of the molecule is c1ccc2c(c1)ncn2-c1ccnc(CNC2CC2)c1. The summed E-state index contributed by atoms with van der Waals surface area (Å²) in [5.74, 6) is 0. The lowest BCUT2D eigenvalue weighted by atomic mass is 10.2. The molecule has 0 amide bonds. The van der Waals surface area contributed by atoms with E-state index in [1.165, 1.54) is 12.8 Å². The minimum Gasteiger partial charge on any atom is -0.308 e. The van der Waals surface area contributed by atoms with Crippen LogP contribution in [0.1, 0.15) is 18.5 Å². The Balaban J connectivity index is 1.68. The van der Waals surface area contributed by atoms with Crippen LogP contribution in [0.4, 0.5) is 0 Å². The topological polar surface area (TPSA) is 42.7 Å². The number of aromatic nitrogens is 3. The number of pyridine rings is 1. The lowest BCUT2D eigenvalue weighted by molar-refractivity contribution is 0.674. The van der Waals surface area contributed by atoms with Gasteiger partial charge in [0.05, 0.1) is 22.4 Å². The molecule has 4 nitrogen and oxygen atoms in total. The van der Waals surface area contributed by atoms with Gasteiger partial charge in [-0.1, -0.05) is 12.1 Å². The van der Waals surface area contributed by atoms with E-state index in [0.29, 0.717) is 6.04 Å². The molecule has 0 aliphatic heterocycles. The van der Waals surface area contributed by atoms with Crippen LogP contribution in [0.2, 0.25) is 0 Å². The summed E-state index contributed by atoms with van der Waals surface area (Å²) in [6, 6.07) is 13.0. The first-order chi connectivity index (χ1) is 9.90. The van der Waals surface area contributed by atoms with Crippen molar-refractivity contribution in [1.29, 1.82) is 0 Å². The molecule has 0 saturated heterocycles. The number of rotatable bonds is 4. The van der Waals surface area contributed by atoms with Crippen LogP contribution >= 0.6 is 0 Å².